The molecule has 1 N–H and O–H groups in total. The highest BCUT2D eigenvalue weighted by Crippen LogP contribution is 2.32. The number of thiazole rings is 1. The first-order chi connectivity index (χ1) is 14.3. The Hall–Kier alpha value is -3.64. The molecular weight excluding hydrogens is 378 g/mol. The van der Waals surface area contributed by atoms with Crippen molar-refractivity contribution in [2.24, 2.45) is 0 Å². The molecule has 5 rings (SSSR count). The molecule has 0 saturated heterocycles. The topological polar surface area (TPSA) is 63.6 Å². The molecule has 0 saturated carbocycles. The van der Waals surface area contributed by atoms with E-state index in [9.17, 15) is 0 Å². The Bertz CT molecular complexity index is 1280. The summed E-state index contributed by atoms with van der Waals surface area (Å²) in [5, 5.41) is 12.4. The van der Waals surface area contributed by atoms with Gasteiger partial charge in [-0.15, -0.1) is 21.5 Å². The van der Waals surface area contributed by atoms with Crippen molar-refractivity contribution < 1.29 is 0 Å². The van der Waals surface area contributed by atoms with E-state index in [1.165, 1.54) is 5.56 Å². The van der Waals surface area contributed by atoms with Crippen LogP contribution in [0, 0.1) is 6.92 Å². The van der Waals surface area contributed by atoms with Crippen LogP contribution in [0.2, 0.25) is 0 Å². The first-order valence-corrected chi connectivity index (χ1v) is 10.1. The monoisotopic (exact) mass is 395 g/mol. The van der Waals surface area contributed by atoms with Gasteiger partial charge in [-0.2, -0.15) is 0 Å². The minimum absolute atomic E-state index is 0.697. The molecule has 3 aromatic heterocycles. The minimum atomic E-state index is 0.697. The van der Waals surface area contributed by atoms with Crippen molar-refractivity contribution >= 4 is 33.1 Å². The van der Waals surface area contributed by atoms with E-state index in [4.69, 9.17) is 0 Å². The van der Waals surface area contributed by atoms with Gasteiger partial charge in [0.05, 0.1) is 15.7 Å². The fourth-order valence-corrected chi connectivity index (χ4v) is 3.93. The van der Waals surface area contributed by atoms with Crippen molar-refractivity contribution in [1.29, 1.82) is 0 Å². The Morgan fingerprint density at radius 1 is 0.828 bits per heavy atom. The van der Waals surface area contributed by atoms with Gasteiger partial charge in [0.25, 0.3) is 0 Å². The predicted molar refractivity (Wildman–Crippen MR) is 118 cm³/mol. The largest absolute Gasteiger partial charge is 0.339 e. The van der Waals surface area contributed by atoms with Crippen molar-refractivity contribution in [2.45, 2.75) is 6.92 Å². The average molecular weight is 395 g/mol. The third-order valence-corrected chi connectivity index (χ3v) is 5.51. The lowest BCUT2D eigenvalue weighted by Crippen LogP contribution is -1.99. The number of benzene rings is 2. The summed E-state index contributed by atoms with van der Waals surface area (Å²) in [7, 11) is 0. The number of hydrogen-bond acceptors (Lipinski definition) is 6. The van der Waals surface area contributed by atoms with Crippen molar-refractivity contribution in [1.82, 2.24) is 20.2 Å². The molecule has 0 aliphatic carbocycles. The third-order valence-electron chi connectivity index (χ3n) is 4.71. The van der Waals surface area contributed by atoms with Crippen LogP contribution in [0.5, 0.6) is 0 Å². The van der Waals surface area contributed by atoms with Crippen LogP contribution in [0.15, 0.2) is 78.6 Å². The van der Waals surface area contributed by atoms with Gasteiger partial charge in [0, 0.05) is 29.2 Å². The maximum absolute atomic E-state index is 4.55. The zero-order valence-corrected chi connectivity index (χ0v) is 16.5. The molecule has 6 heteroatoms. The predicted octanol–water partition coefficient (Wildman–Crippen LogP) is 5.87. The van der Waals surface area contributed by atoms with E-state index in [0.717, 1.165) is 38.3 Å². The highest BCUT2D eigenvalue weighted by molar-refractivity contribution is 7.16. The second-order valence-corrected chi connectivity index (χ2v) is 7.64. The maximum atomic E-state index is 4.55. The number of fused-ring (bicyclic) bond motifs is 1. The number of aryl methyl sites for hydroxylation is 1. The summed E-state index contributed by atoms with van der Waals surface area (Å²) in [6.45, 7) is 2.08. The fourth-order valence-electron chi connectivity index (χ4n) is 3.21. The van der Waals surface area contributed by atoms with E-state index >= 15 is 0 Å². The van der Waals surface area contributed by atoms with E-state index in [0.29, 0.717) is 5.82 Å². The van der Waals surface area contributed by atoms with Crippen molar-refractivity contribution in [2.75, 3.05) is 5.32 Å². The van der Waals surface area contributed by atoms with E-state index < -0.39 is 0 Å². The first-order valence-electron chi connectivity index (χ1n) is 9.22. The Labute approximate surface area is 172 Å². The summed E-state index contributed by atoms with van der Waals surface area (Å²) >= 11 is 1.62. The number of aromatic nitrogens is 4. The molecule has 29 heavy (non-hydrogen) atoms. The van der Waals surface area contributed by atoms with E-state index in [1.807, 2.05) is 35.8 Å². The molecule has 0 atom stereocenters. The molecule has 5 nitrogen and oxygen atoms in total. The highest BCUT2D eigenvalue weighted by atomic mass is 32.1. The molecule has 5 aromatic rings. The van der Waals surface area contributed by atoms with Gasteiger partial charge in [-0.25, -0.2) is 4.98 Å². The summed E-state index contributed by atoms with van der Waals surface area (Å²) in [5.41, 5.74) is 8.97. The zero-order valence-electron chi connectivity index (χ0n) is 15.7. The molecule has 0 bridgehead atoms. The van der Waals surface area contributed by atoms with Crippen LogP contribution < -0.4 is 5.32 Å². The number of nitrogens with one attached hydrogen (secondary N) is 1. The number of hydrogen-bond donors (Lipinski definition) is 1. The number of anilines is 2. The van der Waals surface area contributed by atoms with Crippen molar-refractivity contribution in [3.05, 3.63) is 84.1 Å². The van der Waals surface area contributed by atoms with Crippen molar-refractivity contribution in [3.63, 3.8) is 0 Å². The molecule has 0 aliphatic rings. The van der Waals surface area contributed by atoms with E-state index in [2.05, 4.69) is 62.7 Å². The SMILES string of the molecule is Cc1ccc(-c2cc(Nc3ccc4ncsc4c3)nnc2-c2ccncc2)cc1. The van der Waals surface area contributed by atoms with Crippen LogP contribution in [0.1, 0.15) is 5.56 Å². The van der Waals surface area contributed by atoms with Crippen LogP contribution in [-0.4, -0.2) is 20.2 Å². The lowest BCUT2D eigenvalue weighted by Gasteiger charge is -2.12. The lowest BCUT2D eigenvalue weighted by atomic mass is 9.99. The number of nitrogens with zero attached hydrogens (tertiary/aromatic N) is 4. The summed E-state index contributed by atoms with van der Waals surface area (Å²) in [5.74, 6) is 0.697. The van der Waals surface area contributed by atoms with Gasteiger partial charge in [-0.05, 0) is 48.9 Å². The summed E-state index contributed by atoms with van der Waals surface area (Å²) in [6.07, 6.45) is 3.54. The Morgan fingerprint density at radius 3 is 2.48 bits per heavy atom. The average Bonchev–Trinajstić information content (AvgIpc) is 3.23. The number of pyridine rings is 1. The van der Waals surface area contributed by atoms with E-state index in [-0.39, 0.29) is 0 Å². The molecular formula is C23H17N5S. The smallest absolute Gasteiger partial charge is 0.153 e. The normalized spacial score (nSPS) is 10.9. The summed E-state index contributed by atoms with van der Waals surface area (Å²) in [6, 6.07) is 20.5. The van der Waals surface area contributed by atoms with E-state index in [1.54, 1.807) is 23.7 Å². The zero-order chi connectivity index (χ0) is 19.6. The van der Waals surface area contributed by atoms with Gasteiger partial charge in [-0.1, -0.05) is 29.8 Å². The van der Waals surface area contributed by atoms with Gasteiger partial charge in [0.15, 0.2) is 5.82 Å². The van der Waals surface area contributed by atoms with Gasteiger partial charge in [0.1, 0.15) is 5.69 Å². The second kappa shape index (κ2) is 7.41. The quantitative estimate of drug-likeness (QED) is 0.412. The highest BCUT2D eigenvalue weighted by Gasteiger charge is 2.12. The van der Waals surface area contributed by atoms with Crippen LogP contribution in [0.25, 0.3) is 32.6 Å². The second-order valence-electron chi connectivity index (χ2n) is 6.75. The molecule has 2 aromatic carbocycles. The van der Waals surface area contributed by atoms with Gasteiger partial charge in [0.2, 0.25) is 0 Å². The molecule has 3 heterocycles. The van der Waals surface area contributed by atoms with Crippen LogP contribution in [-0.2, 0) is 0 Å². The van der Waals surface area contributed by atoms with Gasteiger partial charge < -0.3 is 5.32 Å². The van der Waals surface area contributed by atoms with Crippen LogP contribution in [0.3, 0.4) is 0 Å². The van der Waals surface area contributed by atoms with Crippen LogP contribution in [0.4, 0.5) is 11.5 Å². The standard InChI is InChI=1S/C23H17N5S/c1-15-2-4-16(5-3-15)19-13-22(27-28-23(19)17-8-10-24-11-9-17)26-18-6-7-20-21(12-18)29-14-25-20/h2-14H,1H3,(H,26,27). The first kappa shape index (κ1) is 17.5. The Kier molecular flexibility index (Phi) is 4.46. The number of rotatable bonds is 4. The van der Waals surface area contributed by atoms with Crippen LogP contribution >= 0.6 is 11.3 Å². The maximum Gasteiger partial charge on any atom is 0.153 e. The van der Waals surface area contributed by atoms with Gasteiger partial charge >= 0.3 is 0 Å². The lowest BCUT2D eigenvalue weighted by molar-refractivity contribution is 1.04. The molecule has 0 radical (unpaired) electrons. The Balaban J connectivity index is 1.58. The molecule has 0 amide bonds. The molecule has 0 spiro atoms. The van der Waals surface area contributed by atoms with Gasteiger partial charge in [-0.3, -0.25) is 4.98 Å². The molecule has 0 fully saturated rings. The third kappa shape index (κ3) is 3.58. The molecule has 0 unspecified atom stereocenters. The molecule has 0 aliphatic heterocycles. The molecule has 140 valence electrons. The Morgan fingerprint density at radius 2 is 1.66 bits per heavy atom. The van der Waals surface area contributed by atoms with Crippen molar-refractivity contribution in [3.8, 4) is 22.4 Å². The summed E-state index contributed by atoms with van der Waals surface area (Å²) < 4.78 is 1.13. The minimum Gasteiger partial charge on any atom is -0.339 e. The fraction of sp³-hybridized carbons (Fsp3) is 0.0435. The summed E-state index contributed by atoms with van der Waals surface area (Å²) in [4.78, 5) is 8.44.